The summed E-state index contributed by atoms with van der Waals surface area (Å²) in [5, 5.41) is 10.9. The first-order valence-electron chi connectivity index (χ1n) is 5.07. The number of thiazole rings is 1. The minimum atomic E-state index is 0.633. The highest BCUT2D eigenvalue weighted by atomic mass is 32.1. The van der Waals surface area contributed by atoms with E-state index in [0.717, 1.165) is 22.7 Å². The normalized spacial score (nSPS) is 10.6. The number of rotatable bonds is 1. The fourth-order valence-corrected chi connectivity index (χ4v) is 2.39. The van der Waals surface area contributed by atoms with Gasteiger partial charge in [0.2, 0.25) is 0 Å². The van der Waals surface area contributed by atoms with E-state index in [2.05, 4.69) is 16.0 Å². The van der Waals surface area contributed by atoms with Crippen LogP contribution in [0.15, 0.2) is 29.1 Å². The first-order chi connectivity index (χ1) is 8.29. The smallest absolute Gasteiger partial charge is 0.149 e. The van der Waals surface area contributed by atoms with E-state index in [9.17, 15) is 0 Å². The summed E-state index contributed by atoms with van der Waals surface area (Å²) >= 11 is 1.54. The lowest BCUT2D eigenvalue weighted by atomic mass is 10.2. The van der Waals surface area contributed by atoms with Crippen molar-refractivity contribution < 1.29 is 0 Å². The van der Waals surface area contributed by atoms with Crippen LogP contribution in [0.3, 0.4) is 0 Å². The van der Waals surface area contributed by atoms with Gasteiger partial charge >= 0.3 is 0 Å². The van der Waals surface area contributed by atoms with Gasteiger partial charge in [-0.3, -0.25) is 4.57 Å². The summed E-state index contributed by atoms with van der Waals surface area (Å²) in [6, 6.07) is 7.63. The molecule has 0 saturated carbocycles. The van der Waals surface area contributed by atoms with Gasteiger partial charge in [-0.2, -0.15) is 5.26 Å². The number of fused-ring (bicyclic) bond motifs is 1. The third kappa shape index (κ3) is 1.50. The molecule has 3 aromatic rings. The molecule has 0 saturated heterocycles. The van der Waals surface area contributed by atoms with Crippen LogP contribution in [0.25, 0.3) is 16.9 Å². The van der Waals surface area contributed by atoms with E-state index in [0.29, 0.717) is 5.56 Å². The summed E-state index contributed by atoms with van der Waals surface area (Å²) < 4.78 is 1.96. The van der Waals surface area contributed by atoms with Crippen LogP contribution < -0.4 is 0 Å². The Bertz CT molecular complexity index is 719. The molecule has 0 aliphatic carbocycles. The summed E-state index contributed by atoms with van der Waals surface area (Å²) in [5.74, 6) is 1.73. The molecule has 0 aliphatic heterocycles. The second-order valence-electron chi connectivity index (χ2n) is 3.66. The molecule has 17 heavy (non-hydrogen) atoms. The number of nitrogens with zero attached hydrogens (tertiary/aromatic N) is 4. The van der Waals surface area contributed by atoms with E-state index >= 15 is 0 Å². The van der Waals surface area contributed by atoms with E-state index in [-0.39, 0.29) is 0 Å². The predicted octanol–water partition coefficient (Wildman–Crippen LogP) is 2.66. The number of imidazole rings is 1. The molecule has 0 aliphatic rings. The standard InChI is InChI=1S/C12H8N4S/c1-8-15-10-3-2-9(5-13)4-11(10)16(8)12-6-17-7-14-12/h2-4,6-7H,1H3. The van der Waals surface area contributed by atoms with E-state index in [1.165, 1.54) is 0 Å². The van der Waals surface area contributed by atoms with Gasteiger partial charge in [-0.05, 0) is 25.1 Å². The lowest BCUT2D eigenvalue weighted by Crippen LogP contribution is -1.96. The second kappa shape index (κ2) is 3.68. The van der Waals surface area contributed by atoms with Gasteiger partial charge in [-0.1, -0.05) is 0 Å². The Kier molecular flexibility index (Phi) is 2.16. The number of nitriles is 1. The average molecular weight is 240 g/mol. The summed E-state index contributed by atoms with van der Waals surface area (Å²) in [5.41, 5.74) is 4.23. The van der Waals surface area contributed by atoms with Crippen LogP contribution >= 0.6 is 11.3 Å². The molecule has 0 bridgehead atoms. The Hall–Kier alpha value is -2.19. The van der Waals surface area contributed by atoms with Crippen LogP contribution in [-0.2, 0) is 0 Å². The quantitative estimate of drug-likeness (QED) is 0.657. The monoisotopic (exact) mass is 240 g/mol. The number of benzene rings is 1. The Labute approximate surface area is 102 Å². The molecule has 0 fully saturated rings. The molecule has 2 heterocycles. The molecule has 82 valence electrons. The fourth-order valence-electron chi connectivity index (χ4n) is 1.87. The number of aryl methyl sites for hydroxylation is 1. The highest BCUT2D eigenvalue weighted by Crippen LogP contribution is 2.22. The molecule has 0 unspecified atom stereocenters. The predicted molar refractivity (Wildman–Crippen MR) is 66.2 cm³/mol. The average Bonchev–Trinajstić information content (AvgIpc) is 2.93. The summed E-state index contributed by atoms with van der Waals surface area (Å²) in [7, 11) is 0. The topological polar surface area (TPSA) is 54.5 Å². The van der Waals surface area contributed by atoms with Crippen LogP contribution in [0.2, 0.25) is 0 Å². The van der Waals surface area contributed by atoms with Gasteiger partial charge in [0, 0.05) is 5.38 Å². The first-order valence-corrected chi connectivity index (χ1v) is 6.01. The van der Waals surface area contributed by atoms with Crippen molar-refractivity contribution >= 4 is 22.4 Å². The van der Waals surface area contributed by atoms with Crippen LogP contribution in [0.4, 0.5) is 0 Å². The van der Waals surface area contributed by atoms with Gasteiger partial charge in [-0.15, -0.1) is 11.3 Å². The minimum absolute atomic E-state index is 0.633. The molecule has 4 nitrogen and oxygen atoms in total. The second-order valence-corrected chi connectivity index (χ2v) is 4.38. The molecule has 1 aromatic carbocycles. The minimum Gasteiger partial charge on any atom is -0.280 e. The van der Waals surface area contributed by atoms with Crippen molar-refractivity contribution in [2.45, 2.75) is 6.92 Å². The molecule has 0 atom stereocenters. The van der Waals surface area contributed by atoms with Crippen molar-refractivity contribution in [2.75, 3.05) is 0 Å². The zero-order valence-corrected chi connectivity index (χ0v) is 9.90. The molecular weight excluding hydrogens is 232 g/mol. The zero-order chi connectivity index (χ0) is 11.8. The molecule has 2 aromatic heterocycles. The van der Waals surface area contributed by atoms with Gasteiger partial charge in [0.1, 0.15) is 11.6 Å². The number of hydrogen-bond acceptors (Lipinski definition) is 4. The highest BCUT2D eigenvalue weighted by molar-refractivity contribution is 7.07. The van der Waals surface area contributed by atoms with E-state index in [1.807, 2.05) is 29.0 Å². The zero-order valence-electron chi connectivity index (χ0n) is 9.08. The largest absolute Gasteiger partial charge is 0.280 e. The van der Waals surface area contributed by atoms with E-state index in [4.69, 9.17) is 5.26 Å². The van der Waals surface area contributed by atoms with Crippen LogP contribution in [0, 0.1) is 18.3 Å². The SMILES string of the molecule is Cc1nc2ccc(C#N)cc2n1-c1cscn1. The van der Waals surface area contributed by atoms with Gasteiger partial charge in [0.25, 0.3) is 0 Å². The van der Waals surface area contributed by atoms with Crippen LogP contribution in [0.5, 0.6) is 0 Å². The van der Waals surface area contributed by atoms with Gasteiger partial charge < -0.3 is 0 Å². The third-order valence-corrected chi connectivity index (χ3v) is 3.17. The molecular formula is C12H8N4S. The number of hydrogen-bond donors (Lipinski definition) is 0. The van der Waals surface area contributed by atoms with Crippen molar-refractivity contribution in [1.29, 1.82) is 5.26 Å². The summed E-state index contributed by atoms with van der Waals surface area (Å²) in [6.45, 7) is 1.94. The molecule has 5 heteroatoms. The number of aromatic nitrogens is 3. The highest BCUT2D eigenvalue weighted by Gasteiger charge is 2.10. The Morgan fingerprint density at radius 1 is 1.41 bits per heavy atom. The van der Waals surface area contributed by atoms with Crippen molar-refractivity contribution in [3.63, 3.8) is 0 Å². The lowest BCUT2D eigenvalue weighted by molar-refractivity contribution is 0.969. The van der Waals surface area contributed by atoms with Crippen molar-refractivity contribution in [1.82, 2.24) is 14.5 Å². The Morgan fingerprint density at radius 2 is 2.29 bits per heavy atom. The van der Waals surface area contributed by atoms with Crippen molar-refractivity contribution in [3.8, 4) is 11.9 Å². The molecule has 0 amide bonds. The van der Waals surface area contributed by atoms with Gasteiger partial charge in [0.05, 0.1) is 28.2 Å². The van der Waals surface area contributed by atoms with Gasteiger partial charge in [0.15, 0.2) is 0 Å². The maximum absolute atomic E-state index is 8.93. The third-order valence-electron chi connectivity index (χ3n) is 2.60. The van der Waals surface area contributed by atoms with Gasteiger partial charge in [-0.25, -0.2) is 9.97 Å². The fraction of sp³-hybridized carbons (Fsp3) is 0.0833. The van der Waals surface area contributed by atoms with Crippen LogP contribution in [0.1, 0.15) is 11.4 Å². The maximum atomic E-state index is 8.93. The van der Waals surface area contributed by atoms with E-state index < -0.39 is 0 Å². The molecule has 0 spiro atoms. The molecule has 0 N–H and O–H groups in total. The molecule has 3 rings (SSSR count). The van der Waals surface area contributed by atoms with Crippen molar-refractivity contribution in [2.24, 2.45) is 0 Å². The Morgan fingerprint density at radius 3 is 3.00 bits per heavy atom. The molecule has 0 radical (unpaired) electrons. The lowest BCUT2D eigenvalue weighted by Gasteiger charge is -2.01. The first kappa shape index (κ1) is 10.00. The maximum Gasteiger partial charge on any atom is 0.149 e. The Balaban J connectivity index is 2.37. The summed E-state index contributed by atoms with van der Waals surface area (Å²) in [4.78, 5) is 8.75. The van der Waals surface area contributed by atoms with Crippen molar-refractivity contribution in [3.05, 3.63) is 40.5 Å². The van der Waals surface area contributed by atoms with Crippen LogP contribution in [-0.4, -0.2) is 14.5 Å². The van der Waals surface area contributed by atoms with E-state index in [1.54, 1.807) is 22.9 Å². The summed E-state index contributed by atoms with van der Waals surface area (Å²) in [6.07, 6.45) is 0.